The lowest BCUT2D eigenvalue weighted by Gasteiger charge is -2.13. The predicted octanol–water partition coefficient (Wildman–Crippen LogP) is 4.69. The van der Waals surface area contributed by atoms with Gasteiger partial charge in [-0.05, 0) is 42.7 Å². The van der Waals surface area contributed by atoms with E-state index in [1.807, 2.05) is 48.5 Å². The monoisotopic (exact) mass is 378 g/mol. The van der Waals surface area contributed by atoms with Gasteiger partial charge in [-0.1, -0.05) is 32.0 Å². The summed E-state index contributed by atoms with van der Waals surface area (Å²) in [5, 5.41) is 3.87. The quantitative estimate of drug-likeness (QED) is 0.648. The number of nitrogens with zero attached hydrogens (tertiary/aromatic N) is 1. The molecular formula is C23H26N2O3. The molecule has 5 heteroatoms. The van der Waals surface area contributed by atoms with E-state index in [0.29, 0.717) is 35.2 Å². The average Bonchev–Trinajstić information content (AvgIpc) is 2.72. The molecule has 2 aromatic carbocycles. The molecule has 5 nitrogen and oxygen atoms in total. The number of carbonyl (C=O) groups excluding carboxylic acids is 1. The molecule has 3 rings (SSSR count). The van der Waals surface area contributed by atoms with Gasteiger partial charge in [0.15, 0.2) is 11.5 Å². The molecule has 0 aliphatic rings. The number of ether oxygens (including phenoxy) is 2. The third kappa shape index (κ3) is 4.25. The van der Waals surface area contributed by atoms with E-state index in [2.05, 4.69) is 19.2 Å². The number of hydrogen-bond acceptors (Lipinski definition) is 4. The maximum absolute atomic E-state index is 12.9. The zero-order valence-electron chi connectivity index (χ0n) is 16.8. The molecule has 0 aliphatic heterocycles. The number of hydrogen-bond donors (Lipinski definition) is 1. The van der Waals surface area contributed by atoms with Gasteiger partial charge in [0.1, 0.15) is 0 Å². The third-order valence-corrected chi connectivity index (χ3v) is 4.65. The predicted molar refractivity (Wildman–Crippen MR) is 112 cm³/mol. The number of aromatic nitrogens is 1. The first kappa shape index (κ1) is 19.7. The fraction of sp³-hybridized carbons (Fsp3) is 0.304. The van der Waals surface area contributed by atoms with Crippen molar-refractivity contribution in [3.63, 3.8) is 0 Å². The van der Waals surface area contributed by atoms with Crippen molar-refractivity contribution < 1.29 is 14.3 Å². The molecule has 1 aromatic heterocycles. The van der Waals surface area contributed by atoms with Crippen LogP contribution in [0.5, 0.6) is 11.5 Å². The molecule has 0 saturated carbocycles. The van der Waals surface area contributed by atoms with Gasteiger partial charge in [-0.3, -0.25) is 4.79 Å². The van der Waals surface area contributed by atoms with Gasteiger partial charge in [0.25, 0.3) is 5.91 Å². The fourth-order valence-electron chi connectivity index (χ4n) is 3.08. The zero-order valence-corrected chi connectivity index (χ0v) is 16.8. The molecule has 0 aliphatic carbocycles. The fourth-order valence-corrected chi connectivity index (χ4v) is 3.08. The molecular weight excluding hydrogens is 352 g/mol. The highest BCUT2D eigenvalue weighted by Gasteiger charge is 2.15. The topological polar surface area (TPSA) is 60.5 Å². The van der Waals surface area contributed by atoms with Crippen LogP contribution in [0, 0.1) is 5.92 Å². The maximum atomic E-state index is 12.9. The van der Waals surface area contributed by atoms with E-state index < -0.39 is 0 Å². The Morgan fingerprint density at radius 3 is 2.50 bits per heavy atom. The van der Waals surface area contributed by atoms with Gasteiger partial charge in [0.05, 0.1) is 31.0 Å². The van der Waals surface area contributed by atoms with Crippen LogP contribution in [0.3, 0.4) is 0 Å². The van der Waals surface area contributed by atoms with E-state index in [9.17, 15) is 4.79 Å². The zero-order chi connectivity index (χ0) is 20.1. The highest BCUT2D eigenvalue weighted by Crippen LogP contribution is 2.33. The first-order valence-electron chi connectivity index (χ1n) is 9.44. The van der Waals surface area contributed by atoms with E-state index in [-0.39, 0.29) is 5.91 Å². The molecule has 0 bridgehead atoms. The molecule has 0 radical (unpaired) electrons. The first-order valence-corrected chi connectivity index (χ1v) is 9.44. The van der Waals surface area contributed by atoms with E-state index in [1.165, 1.54) is 0 Å². The van der Waals surface area contributed by atoms with Crippen molar-refractivity contribution in [3.8, 4) is 22.8 Å². The van der Waals surface area contributed by atoms with Crippen LogP contribution in [0.4, 0.5) is 0 Å². The van der Waals surface area contributed by atoms with Crippen LogP contribution >= 0.6 is 0 Å². The molecule has 1 N–H and O–H groups in total. The number of carbonyl (C=O) groups is 1. The molecule has 0 unspecified atom stereocenters. The number of para-hydroxylation sites is 1. The van der Waals surface area contributed by atoms with Crippen LogP contribution in [-0.4, -0.2) is 31.7 Å². The minimum absolute atomic E-state index is 0.0824. The van der Waals surface area contributed by atoms with Gasteiger partial charge in [-0.2, -0.15) is 0 Å². The highest BCUT2D eigenvalue weighted by atomic mass is 16.5. The van der Waals surface area contributed by atoms with Crippen molar-refractivity contribution in [3.05, 3.63) is 54.1 Å². The first-order chi connectivity index (χ1) is 13.5. The van der Waals surface area contributed by atoms with Gasteiger partial charge >= 0.3 is 0 Å². The Bertz CT molecular complexity index is 983. The Morgan fingerprint density at radius 2 is 1.79 bits per heavy atom. The lowest BCUT2D eigenvalue weighted by atomic mass is 10.0. The summed E-state index contributed by atoms with van der Waals surface area (Å²) in [5.74, 6) is 1.73. The van der Waals surface area contributed by atoms with Gasteiger partial charge in [0.2, 0.25) is 0 Å². The molecule has 146 valence electrons. The summed E-state index contributed by atoms with van der Waals surface area (Å²) in [5.41, 5.74) is 2.98. The second kappa shape index (κ2) is 8.74. The van der Waals surface area contributed by atoms with Crippen molar-refractivity contribution in [2.75, 3.05) is 20.8 Å². The highest BCUT2D eigenvalue weighted by molar-refractivity contribution is 6.07. The van der Waals surface area contributed by atoms with Crippen molar-refractivity contribution in [2.24, 2.45) is 5.92 Å². The van der Waals surface area contributed by atoms with Crippen LogP contribution in [-0.2, 0) is 0 Å². The smallest absolute Gasteiger partial charge is 0.252 e. The third-order valence-electron chi connectivity index (χ3n) is 4.65. The number of pyridine rings is 1. The number of methoxy groups -OCH3 is 2. The number of nitrogens with one attached hydrogen (secondary N) is 1. The Labute approximate surface area is 165 Å². The summed E-state index contributed by atoms with van der Waals surface area (Å²) < 4.78 is 10.7. The van der Waals surface area contributed by atoms with Crippen LogP contribution in [0.1, 0.15) is 30.6 Å². The summed E-state index contributed by atoms with van der Waals surface area (Å²) in [4.78, 5) is 17.6. The van der Waals surface area contributed by atoms with Gasteiger partial charge < -0.3 is 14.8 Å². The van der Waals surface area contributed by atoms with E-state index in [0.717, 1.165) is 22.9 Å². The van der Waals surface area contributed by atoms with E-state index in [4.69, 9.17) is 14.5 Å². The lowest BCUT2D eigenvalue weighted by Crippen LogP contribution is -2.25. The maximum Gasteiger partial charge on any atom is 0.252 e. The molecule has 3 aromatic rings. The molecule has 0 saturated heterocycles. The summed E-state index contributed by atoms with van der Waals surface area (Å²) in [7, 11) is 3.20. The largest absolute Gasteiger partial charge is 0.493 e. The Kier molecular flexibility index (Phi) is 6.14. The Hall–Kier alpha value is -3.08. The molecule has 1 heterocycles. The lowest BCUT2D eigenvalue weighted by molar-refractivity contribution is 0.0953. The van der Waals surface area contributed by atoms with Gasteiger partial charge in [0, 0.05) is 17.5 Å². The summed E-state index contributed by atoms with van der Waals surface area (Å²) in [6, 6.07) is 15.2. The molecule has 0 spiro atoms. The van der Waals surface area contributed by atoms with Crippen molar-refractivity contribution in [1.82, 2.24) is 10.3 Å². The molecule has 1 amide bonds. The van der Waals surface area contributed by atoms with Crippen LogP contribution in [0.2, 0.25) is 0 Å². The minimum Gasteiger partial charge on any atom is -0.493 e. The van der Waals surface area contributed by atoms with Crippen molar-refractivity contribution in [2.45, 2.75) is 20.3 Å². The summed E-state index contributed by atoms with van der Waals surface area (Å²) >= 11 is 0. The van der Waals surface area contributed by atoms with Crippen LogP contribution in [0.25, 0.3) is 22.2 Å². The number of fused-ring (bicyclic) bond motifs is 1. The van der Waals surface area contributed by atoms with Crippen molar-refractivity contribution >= 4 is 16.8 Å². The van der Waals surface area contributed by atoms with E-state index >= 15 is 0 Å². The second-order valence-corrected chi connectivity index (χ2v) is 7.08. The van der Waals surface area contributed by atoms with Gasteiger partial charge in [-0.15, -0.1) is 0 Å². The SMILES string of the molecule is COc1ccc(-c2cc(C(=O)NCCC(C)C)c3ccccc3n2)cc1OC. The van der Waals surface area contributed by atoms with E-state index in [1.54, 1.807) is 14.2 Å². The Balaban J connectivity index is 2.04. The normalized spacial score (nSPS) is 10.9. The Morgan fingerprint density at radius 1 is 1.04 bits per heavy atom. The average molecular weight is 378 g/mol. The summed E-state index contributed by atoms with van der Waals surface area (Å²) in [6.45, 7) is 4.94. The van der Waals surface area contributed by atoms with Crippen LogP contribution < -0.4 is 14.8 Å². The number of amides is 1. The molecule has 0 fully saturated rings. The standard InChI is InChI=1S/C23H26N2O3/c1-15(2)11-12-24-23(26)18-14-20(25-19-8-6-5-7-17(18)19)16-9-10-21(27-3)22(13-16)28-4/h5-10,13-15H,11-12H2,1-4H3,(H,24,26). The summed E-state index contributed by atoms with van der Waals surface area (Å²) in [6.07, 6.45) is 0.942. The van der Waals surface area contributed by atoms with Crippen molar-refractivity contribution in [1.29, 1.82) is 0 Å². The van der Waals surface area contributed by atoms with Crippen LogP contribution in [0.15, 0.2) is 48.5 Å². The molecule has 28 heavy (non-hydrogen) atoms. The minimum atomic E-state index is -0.0824. The second-order valence-electron chi connectivity index (χ2n) is 7.08. The number of benzene rings is 2. The molecule has 0 atom stereocenters. The van der Waals surface area contributed by atoms with Gasteiger partial charge in [-0.25, -0.2) is 4.98 Å². The number of rotatable bonds is 7.